The molecule has 2 heterocycles. The lowest BCUT2D eigenvalue weighted by molar-refractivity contribution is 0.0741. The Balaban J connectivity index is 1.85. The van der Waals surface area contributed by atoms with E-state index in [2.05, 4.69) is 15.0 Å². The molecule has 0 saturated carbocycles. The Bertz CT molecular complexity index is 1390. The van der Waals surface area contributed by atoms with Gasteiger partial charge in [0.25, 0.3) is 11.5 Å². The lowest BCUT2D eigenvalue weighted by Gasteiger charge is -2.18. The van der Waals surface area contributed by atoms with Gasteiger partial charge in [-0.2, -0.15) is 0 Å². The van der Waals surface area contributed by atoms with Crippen LogP contribution in [0.3, 0.4) is 0 Å². The number of fused-ring (bicyclic) bond motifs is 2. The molecule has 10 heteroatoms. The number of benzene rings is 2. The minimum atomic E-state index is -0.524. The molecule has 0 bridgehead atoms. The van der Waals surface area contributed by atoms with Crippen LogP contribution in [-0.4, -0.2) is 60.2 Å². The summed E-state index contributed by atoms with van der Waals surface area (Å²) in [6, 6.07) is 7.20. The van der Waals surface area contributed by atoms with E-state index in [4.69, 9.17) is 15.2 Å². The highest BCUT2D eigenvalue weighted by Gasteiger charge is 2.22. The second kappa shape index (κ2) is 8.31. The Labute approximate surface area is 182 Å². The van der Waals surface area contributed by atoms with E-state index in [9.17, 15) is 14.0 Å². The second-order valence-corrected chi connectivity index (χ2v) is 7.31. The molecule has 0 aliphatic carbocycles. The maximum Gasteiger partial charge on any atom is 0.276 e. The van der Waals surface area contributed by atoms with Crippen LogP contribution >= 0.6 is 0 Å². The molecule has 0 saturated heterocycles. The number of nitrogens with one attached hydrogen (secondary N) is 2. The van der Waals surface area contributed by atoms with Gasteiger partial charge in [0.2, 0.25) is 0 Å². The number of nitrogens with zero attached hydrogens (tertiary/aromatic N) is 2. The number of carbonyl (C=O) groups is 1. The van der Waals surface area contributed by atoms with Crippen molar-refractivity contribution < 1.29 is 18.7 Å². The van der Waals surface area contributed by atoms with Crippen molar-refractivity contribution in [1.82, 2.24) is 19.9 Å². The summed E-state index contributed by atoms with van der Waals surface area (Å²) in [5, 5.41) is 0.546. The van der Waals surface area contributed by atoms with Crippen LogP contribution in [0.1, 0.15) is 10.4 Å². The van der Waals surface area contributed by atoms with Crippen molar-refractivity contribution in [3.8, 4) is 17.1 Å². The minimum Gasteiger partial charge on any atom is -0.496 e. The summed E-state index contributed by atoms with van der Waals surface area (Å²) in [5.41, 5.74) is 8.04. The van der Waals surface area contributed by atoms with Gasteiger partial charge >= 0.3 is 0 Å². The molecule has 2 aromatic carbocycles. The van der Waals surface area contributed by atoms with E-state index in [1.807, 2.05) is 0 Å². The summed E-state index contributed by atoms with van der Waals surface area (Å²) in [6.45, 7) is 0.797. The Morgan fingerprint density at radius 1 is 1.19 bits per heavy atom. The molecule has 4 N–H and O–H groups in total. The van der Waals surface area contributed by atoms with Crippen LogP contribution in [0, 0.1) is 5.82 Å². The third-order valence-corrected chi connectivity index (χ3v) is 5.26. The van der Waals surface area contributed by atoms with Gasteiger partial charge in [-0.15, -0.1) is 0 Å². The van der Waals surface area contributed by atoms with Crippen molar-refractivity contribution in [2.75, 3.05) is 40.2 Å². The average Bonchev–Trinajstić information content (AvgIpc) is 3.10. The molecule has 32 heavy (non-hydrogen) atoms. The number of anilines is 1. The molecule has 0 fully saturated rings. The first-order chi connectivity index (χ1) is 15.3. The van der Waals surface area contributed by atoms with Gasteiger partial charge in [-0.3, -0.25) is 9.59 Å². The van der Waals surface area contributed by atoms with E-state index in [1.54, 1.807) is 26.3 Å². The first-order valence-electron chi connectivity index (χ1n) is 9.77. The smallest absolute Gasteiger partial charge is 0.276 e. The molecule has 0 atom stereocenters. The fourth-order valence-corrected chi connectivity index (χ4v) is 3.53. The molecular weight excluding hydrogens is 417 g/mol. The molecule has 166 valence electrons. The number of amides is 1. The van der Waals surface area contributed by atoms with Gasteiger partial charge in [0.1, 0.15) is 11.6 Å². The largest absolute Gasteiger partial charge is 0.496 e. The average molecular weight is 439 g/mol. The summed E-state index contributed by atoms with van der Waals surface area (Å²) in [6.07, 6.45) is 0. The maximum atomic E-state index is 13.5. The van der Waals surface area contributed by atoms with Gasteiger partial charge in [-0.05, 0) is 24.3 Å². The Hall–Kier alpha value is -3.92. The van der Waals surface area contributed by atoms with Crippen LogP contribution in [0.15, 0.2) is 35.1 Å². The number of nitrogen functional groups attached to an aromatic ring is 1. The predicted octanol–water partition coefficient (Wildman–Crippen LogP) is 2.52. The number of rotatable bonds is 6. The number of nitrogens with two attached hydrogens (primary N) is 1. The molecule has 0 radical (unpaired) electrons. The van der Waals surface area contributed by atoms with Crippen LogP contribution in [0.5, 0.6) is 5.75 Å². The van der Waals surface area contributed by atoms with Gasteiger partial charge < -0.3 is 30.1 Å². The number of H-pyrrole nitrogens is 2. The van der Waals surface area contributed by atoms with Crippen molar-refractivity contribution in [1.29, 1.82) is 0 Å². The highest BCUT2D eigenvalue weighted by atomic mass is 19.1. The topological polar surface area (TPSA) is 126 Å². The van der Waals surface area contributed by atoms with Crippen molar-refractivity contribution in [2.24, 2.45) is 0 Å². The number of aromatic amines is 2. The zero-order valence-electron chi connectivity index (χ0n) is 17.8. The van der Waals surface area contributed by atoms with E-state index in [1.165, 1.54) is 30.2 Å². The number of hydrogen-bond acceptors (Lipinski definition) is 6. The number of aromatic nitrogens is 3. The first-order valence-corrected chi connectivity index (χ1v) is 9.77. The van der Waals surface area contributed by atoms with E-state index in [-0.39, 0.29) is 22.8 Å². The van der Waals surface area contributed by atoms with Gasteiger partial charge in [-0.25, -0.2) is 9.37 Å². The number of methoxy groups -OCH3 is 2. The van der Waals surface area contributed by atoms with Crippen molar-refractivity contribution >= 4 is 33.5 Å². The molecule has 0 unspecified atom stereocenters. The van der Waals surface area contributed by atoms with Crippen LogP contribution in [0.4, 0.5) is 10.1 Å². The first kappa shape index (κ1) is 21.3. The normalized spacial score (nSPS) is 11.2. The van der Waals surface area contributed by atoms with Gasteiger partial charge in [0.05, 0.1) is 47.2 Å². The molecule has 0 aliphatic rings. The summed E-state index contributed by atoms with van der Waals surface area (Å²) in [5.74, 6) is -0.380. The van der Waals surface area contributed by atoms with Crippen molar-refractivity contribution in [2.45, 2.75) is 0 Å². The van der Waals surface area contributed by atoms with Crippen molar-refractivity contribution in [3.05, 3.63) is 52.1 Å². The van der Waals surface area contributed by atoms with Crippen molar-refractivity contribution in [3.63, 3.8) is 0 Å². The summed E-state index contributed by atoms with van der Waals surface area (Å²) in [7, 11) is 4.69. The second-order valence-electron chi connectivity index (χ2n) is 7.31. The molecule has 9 nitrogen and oxygen atoms in total. The Morgan fingerprint density at radius 3 is 2.69 bits per heavy atom. The number of halogens is 1. The highest BCUT2D eigenvalue weighted by molar-refractivity contribution is 6.06. The Kier molecular flexibility index (Phi) is 5.54. The van der Waals surface area contributed by atoms with Crippen LogP contribution < -0.4 is 16.0 Å². The van der Waals surface area contributed by atoms with Gasteiger partial charge in [-0.1, -0.05) is 0 Å². The van der Waals surface area contributed by atoms with Gasteiger partial charge in [0, 0.05) is 32.2 Å². The molecule has 0 aliphatic heterocycles. The van der Waals surface area contributed by atoms with Gasteiger partial charge in [0.15, 0.2) is 5.69 Å². The molecule has 4 rings (SSSR count). The lowest BCUT2D eigenvalue weighted by atomic mass is 10.1. The van der Waals surface area contributed by atoms with E-state index in [0.717, 1.165) is 0 Å². The van der Waals surface area contributed by atoms with Crippen LogP contribution in [0.2, 0.25) is 0 Å². The molecule has 0 spiro atoms. The molecule has 4 aromatic rings. The summed E-state index contributed by atoms with van der Waals surface area (Å²) < 4.78 is 23.9. The molecule has 2 aromatic heterocycles. The molecular formula is C22H22FN5O4. The minimum absolute atomic E-state index is 0.0573. The zero-order chi connectivity index (χ0) is 23.0. The SMILES string of the molecule is COCCN(C)C(=O)c1cc2c(N)c(-c3nc4ccc(F)cc4[nH]c3=O)[nH]c2cc1OC. The fraction of sp³-hybridized carbons (Fsp3) is 0.227. The standard InChI is InChI=1S/C22H22FN5O4/c1-28(6-7-31-2)22(30)13-9-12-15(10-17(13)32-3)26-19(18(12)24)20-21(29)27-16-8-11(23)4-5-14(16)25-20/h4-5,8-10,26H,6-7,24H2,1-3H3,(H,27,29). The number of hydrogen-bond donors (Lipinski definition) is 3. The summed E-state index contributed by atoms with van der Waals surface area (Å²) in [4.78, 5) is 37.2. The number of carbonyl (C=O) groups excluding carboxylic acids is 1. The highest BCUT2D eigenvalue weighted by Crippen LogP contribution is 2.35. The van der Waals surface area contributed by atoms with Crippen LogP contribution in [-0.2, 0) is 4.74 Å². The fourth-order valence-electron chi connectivity index (χ4n) is 3.53. The third-order valence-electron chi connectivity index (χ3n) is 5.26. The lowest BCUT2D eigenvalue weighted by Crippen LogP contribution is -2.30. The predicted molar refractivity (Wildman–Crippen MR) is 119 cm³/mol. The monoisotopic (exact) mass is 439 g/mol. The van der Waals surface area contributed by atoms with E-state index < -0.39 is 11.4 Å². The zero-order valence-corrected chi connectivity index (χ0v) is 17.8. The third kappa shape index (κ3) is 3.65. The molecule has 1 amide bonds. The van der Waals surface area contributed by atoms with E-state index in [0.29, 0.717) is 46.6 Å². The summed E-state index contributed by atoms with van der Waals surface area (Å²) >= 11 is 0. The Morgan fingerprint density at radius 2 is 1.97 bits per heavy atom. The van der Waals surface area contributed by atoms with E-state index >= 15 is 0 Å². The number of ether oxygens (including phenoxy) is 2. The van der Waals surface area contributed by atoms with Crippen LogP contribution in [0.25, 0.3) is 33.3 Å². The number of likely N-dealkylation sites (N-methyl/N-ethyl adjacent to an activating group) is 1. The quantitative estimate of drug-likeness (QED) is 0.424. The maximum absolute atomic E-state index is 13.5.